The topological polar surface area (TPSA) is 55.4 Å². The lowest BCUT2D eigenvalue weighted by Crippen LogP contribution is -2.24. The summed E-state index contributed by atoms with van der Waals surface area (Å²) < 4.78 is 6.41. The molecule has 0 aliphatic carbocycles. The highest BCUT2D eigenvalue weighted by Gasteiger charge is 2.23. The molecule has 1 atom stereocenters. The molecule has 0 bridgehead atoms. The molecule has 0 spiro atoms. The van der Waals surface area contributed by atoms with Crippen molar-refractivity contribution >= 4 is 45.1 Å². The molecule has 200 valence electrons. The molecule has 0 saturated heterocycles. The van der Waals surface area contributed by atoms with Crippen LogP contribution in [0.1, 0.15) is 53.7 Å². The first kappa shape index (κ1) is 28.6. The van der Waals surface area contributed by atoms with Crippen LogP contribution in [0.25, 0.3) is 11.1 Å². The molecule has 0 fully saturated rings. The molecule has 1 amide bonds. The third kappa shape index (κ3) is 7.81. The number of hydrogen-bond donors (Lipinski definition) is 1. The summed E-state index contributed by atoms with van der Waals surface area (Å²) in [5.41, 5.74) is 5.72. The van der Waals surface area contributed by atoms with Crippen LogP contribution in [-0.2, 0) is 16.0 Å². The largest absolute Gasteiger partial charge is 0.456 e. The maximum atomic E-state index is 13.6. The van der Waals surface area contributed by atoms with Gasteiger partial charge in [-0.2, -0.15) is 0 Å². The SMILES string of the molecule is Cc1cc(Cl)ccc1-c1ccc(NC(=O)[C@H](Cc2ccc(C(=O)OC(C)(C)C)cc2)c2ccc(Br)cc2)cc1. The summed E-state index contributed by atoms with van der Waals surface area (Å²) in [4.78, 5) is 26.0. The fourth-order valence-electron chi connectivity index (χ4n) is 4.32. The first-order valence-corrected chi connectivity index (χ1v) is 13.9. The van der Waals surface area contributed by atoms with Crippen LogP contribution in [0.3, 0.4) is 0 Å². The van der Waals surface area contributed by atoms with E-state index in [1.54, 1.807) is 12.1 Å². The van der Waals surface area contributed by atoms with E-state index in [4.69, 9.17) is 16.3 Å². The third-order valence-electron chi connectivity index (χ3n) is 6.27. The van der Waals surface area contributed by atoms with Gasteiger partial charge in [0.1, 0.15) is 5.60 Å². The standard InChI is InChI=1S/C33H31BrClNO3/c1-21-19-27(35)15-18-29(21)23-11-16-28(17-12-23)36-31(37)30(24-9-13-26(34)14-10-24)20-22-5-7-25(8-6-22)32(38)39-33(2,3)4/h5-19,30H,20H2,1-4H3,(H,36,37)/t30-/m1/s1. The van der Waals surface area contributed by atoms with Crippen molar-refractivity contribution in [1.29, 1.82) is 0 Å². The average molecular weight is 605 g/mol. The molecule has 0 aliphatic heterocycles. The Balaban J connectivity index is 1.53. The first-order chi connectivity index (χ1) is 18.5. The van der Waals surface area contributed by atoms with Crippen LogP contribution in [0.2, 0.25) is 5.02 Å². The van der Waals surface area contributed by atoms with Crippen LogP contribution in [0.5, 0.6) is 0 Å². The number of nitrogens with one attached hydrogen (secondary N) is 1. The highest BCUT2D eigenvalue weighted by atomic mass is 79.9. The third-order valence-corrected chi connectivity index (χ3v) is 7.03. The minimum absolute atomic E-state index is 0.107. The van der Waals surface area contributed by atoms with Gasteiger partial charge in [-0.15, -0.1) is 0 Å². The Labute approximate surface area is 243 Å². The summed E-state index contributed by atoms with van der Waals surface area (Å²) >= 11 is 9.59. The number of hydrogen-bond acceptors (Lipinski definition) is 3. The molecule has 0 radical (unpaired) electrons. The van der Waals surface area contributed by atoms with Gasteiger partial charge < -0.3 is 10.1 Å². The number of benzene rings is 4. The number of esters is 1. The molecule has 0 aliphatic rings. The van der Waals surface area contributed by atoms with E-state index in [9.17, 15) is 9.59 Å². The molecule has 0 unspecified atom stereocenters. The van der Waals surface area contributed by atoms with Crippen LogP contribution in [0.4, 0.5) is 5.69 Å². The Kier molecular flexibility index (Phi) is 8.94. The first-order valence-electron chi connectivity index (χ1n) is 12.7. The number of halogens is 2. The molecule has 6 heteroatoms. The normalized spacial score (nSPS) is 12.1. The lowest BCUT2D eigenvalue weighted by molar-refractivity contribution is -0.117. The summed E-state index contributed by atoms with van der Waals surface area (Å²) in [7, 11) is 0. The van der Waals surface area contributed by atoms with Crippen molar-refractivity contribution in [3.05, 3.63) is 123 Å². The number of carbonyl (C=O) groups excluding carboxylic acids is 2. The van der Waals surface area contributed by atoms with Crippen molar-refractivity contribution in [3.8, 4) is 11.1 Å². The van der Waals surface area contributed by atoms with Crippen molar-refractivity contribution in [2.75, 3.05) is 5.32 Å². The minimum Gasteiger partial charge on any atom is -0.456 e. The lowest BCUT2D eigenvalue weighted by atomic mass is 9.90. The van der Waals surface area contributed by atoms with Crippen molar-refractivity contribution in [3.63, 3.8) is 0 Å². The molecule has 0 heterocycles. The number of aryl methyl sites for hydroxylation is 1. The molecule has 0 saturated carbocycles. The molecule has 4 nitrogen and oxygen atoms in total. The van der Waals surface area contributed by atoms with Gasteiger partial charge >= 0.3 is 5.97 Å². The van der Waals surface area contributed by atoms with Gasteiger partial charge in [0.15, 0.2) is 0 Å². The zero-order chi connectivity index (χ0) is 28.2. The number of ether oxygens (including phenoxy) is 1. The van der Waals surface area contributed by atoms with Gasteiger partial charge in [-0.1, -0.05) is 70.0 Å². The smallest absolute Gasteiger partial charge is 0.338 e. The van der Waals surface area contributed by atoms with Crippen LogP contribution in [0, 0.1) is 6.92 Å². The van der Waals surface area contributed by atoms with E-state index in [1.807, 2.05) is 107 Å². The second-order valence-electron chi connectivity index (χ2n) is 10.5. The Bertz CT molecular complexity index is 1460. The van der Waals surface area contributed by atoms with Crippen LogP contribution in [0.15, 0.2) is 95.5 Å². The van der Waals surface area contributed by atoms with Crippen molar-refractivity contribution in [1.82, 2.24) is 0 Å². The van der Waals surface area contributed by atoms with E-state index in [0.29, 0.717) is 17.0 Å². The molecule has 4 aromatic rings. The fourth-order valence-corrected chi connectivity index (χ4v) is 4.81. The minimum atomic E-state index is -0.563. The second-order valence-corrected chi connectivity index (χ2v) is 11.9. The van der Waals surface area contributed by atoms with E-state index in [1.165, 1.54) is 0 Å². The van der Waals surface area contributed by atoms with Crippen molar-refractivity contribution < 1.29 is 14.3 Å². The van der Waals surface area contributed by atoms with Gasteiger partial charge in [0, 0.05) is 15.2 Å². The Hall–Kier alpha value is -3.41. The monoisotopic (exact) mass is 603 g/mol. The van der Waals surface area contributed by atoms with E-state index in [0.717, 1.165) is 38.0 Å². The number of amides is 1. The number of anilines is 1. The summed E-state index contributed by atoms with van der Waals surface area (Å²) in [5.74, 6) is -0.902. The molecule has 4 rings (SSSR count). The van der Waals surface area contributed by atoms with Gasteiger partial charge in [-0.25, -0.2) is 4.79 Å². The second kappa shape index (κ2) is 12.2. The number of rotatable bonds is 7. The van der Waals surface area contributed by atoms with Gasteiger partial charge in [0.05, 0.1) is 11.5 Å². The molecule has 0 aromatic heterocycles. The maximum absolute atomic E-state index is 13.6. The lowest BCUT2D eigenvalue weighted by Gasteiger charge is -2.20. The van der Waals surface area contributed by atoms with Crippen molar-refractivity contribution in [2.45, 2.75) is 45.6 Å². The number of carbonyl (C=O) groups is 2. The zero-order valence-electron chi connectivity index (χ0n) is 22.4. The molecular formula is C33H31BrClNO3. The van der Waals surface area contributed by atoms with E-state index >= 15 is 0 Å². The van der Waals surface area contributed by atoms with Gasteiger partial charge in [-0.05, 0) is 110 Å². The summed E-state index contributed by atoms with van der Waals surface area (Å²) in [6, 6.07) is 28.7. The predicted molar refractivity (Wildman–Crippen MR) is 162 cm³/mol. The highest BCUT2D eigenvalue weighted by Crippen LogP contribution is 2.29. The summed E-state index contributed by atoms with van der Waals surface area (Å²) in [6.45, 7) is 7.55. The van der Waals surface area contributed by atoms with Gasteiger partial charge in [0.25, 0.3) is 0 Å². The Morgan fingerprint density at radius 2 is 1.54 bits per heavy atom. The summed E-state index contributed by atoms with van der Waals surface area (Å²) in [6.07, 6.45) is 0.476. The average Bonchev–Trinajstić information content (AvgIpc) is 2.88. The predicted octanol–water partition coefficient (Wildman–Crippen LogP) is 9.00. The molecular weight excluding hydrogens is 574 g/mol. The molecule has 39 heavy (non-hydrogen) atoms. The quantitative estimate of drug-likeness (QED) is 0.214. The van der Waals surface area contributed by atoms with E-state index in [-0.39, 0.29) is 11.9 Å². The molecule has 4 aromatic carbocycles. The van der Waals surface area contributed by atoms with Crippen LogP contribution < -0.4 is 5.32 Å². The van der Waals surface area contributed by atoms with E-state index in [2.05, 4.69) is 21.2 Å². The fraction of sp³-hybridized carbons (Fsp3) is 0.212. The Morgan fingerprint density at radius 3 is 2.13 bits per heavy atom. The highest BCUT2D eigenvalue weighted by molar-refractivity contribution is 9.10. The van der Waals surface area contributed by atoms with E-state index < -0.39 is 11.5 Å². The van der Waals surface area contributed by atoms with Gasteiger partial charge in [-0.3, -0.25) is 4.79 Å². The molecule has 1 N–H and O–H groups in total. The maximum Gasteiger partial charge on any atom is 0.338 e. The van der Waals surface area contributed by atoms with Crippen LogP contribution >= 0.6 is 27.5 Å². The van der Waals surface area contributed by atoms with Crippen LogP contribution in [-0.4, -0.2) is 17.5 Å². The van der Waals surface area contributed by atoms with Crippen molar-refractivity contribution in [2.24, 2.45) is 0 Å². The summed E-state index contributed by atoms with van der Waals surface area (Å²) in [5, 5.41) is 3.79. The zero-order valence-corrected chi connectivity index (χ0v) is 24.8. The Morgan fingerprint density at radius 1 is 0.897 bits per heavy atom. The van der Waals surface area contributed by atoms with Gasteiger partial charge in [0.2, 0.25) is 5.91 Å².